The maximum atomic E-state index is 5.53. The molecule has 2 nitrogen and oxygen atoms in total. The molecule has 2 aromatic rings. The lowest BCUT2D eigenvalue weighted by atomic mass is 9.89. The van der Waals surface area contributed by atoms with E-state index in [1.54, 1.807) is 0 Å². The fourth-order valence-corrected chi connectivity index (χ4v) is 2.17. The fourth-order valence-electron chi connectivity index (χ4n) is 2.17. The summed E-state index contributed by atoms with van der Waals surface area (Å²) < 4.78 is 5.53. The van der Waals surface area contributed by atoms with Gasteiger partial charge in [0.1, 0.15) is 0 Å². The van der Waals surface area contributed by atoms with Crippen LogP contribution in [0.4, 0.5) is 0 Å². The Morgan fingerprint density at radius 1 is 1.24 bits per heavy atom. The summed E-state index contributed by atoms with van der Waals surface area (Å²) in [6, 6.07) is 6.36. The Balaban J connectivity index is 2.44. The van der Waals surface area contributed by atoms with Crippen LogP contribution in [0.5, 0.6) is 0 Å². The van der Waals surface area contributed by atoms with E-state index >= 15 is 0 Å². The third-order valence-corrected chi connectivity index (χ3v) is 2.87. The highest BCUT2D eigenvalue weighted by Crippen LogP contribution is 2.28. The Hall–Kier alpha value is -1.31. The second kappa shape index (κ2) is 4.52. The number of hydrogen-bond donors (Lipinski definition) is 0. The molecule has 17 heavy (non-hydrogen) atoms. The van der Waals surface area contributed by atoms with Crippen LogP contribution in [0, 0.1) is 5.41 Å². The molecule has 0 aliphatic heterocycles. The summed E-state index contributed by atoms with van der Waals surface area (Å²) in [5, 5.41) is 5.43. The van der Waals surface area contributed by atoms with E-state index in [9.17, 15) is 0 Å². The van der Waals surface area contributed by atoms with Gasteiger partial charge >= 0.3 is 0 Å². The maximum Gasteiger partial charge on any atom is 0.170 e. The topological polar surface area (TPSA) is 26.0 Å². The molecule has 0 aliphatic carbocycles. The first kappa shape index (κ1) is 12.2. The minimum atomic E-state index is 0.241. The van der Waals surface area contributed by atoms with Crippen molar-refractivity contribution in [3.63, 3.8) is 0 Å². The second-order valence-corrected chi connectivity index (χ2v) is 5.91. The summed E-state index contributed by atoms with van der Waals surface area (Å²) in [7, 11) is 0. The molecule has 0 bridgehead atoms. The lowest BCUT2D eigenvalue weighted by molar-refractivity contribution is 0.381. The smallest absolute Gasteiger partial charge is 0.170 e. The molecule has 1 aromatic heterocycles. The first-order valence-corrected chi connectivity index (χ1v) is 6.37. The third-order valence-electron chi connectivity index (χ3n) is 2.87. The number of para-hydroxylation sites is 1. The molecule has 0 saturated heterocycles. The van der Waals surface area contributed by atoms with Crippen molar-refractivity contribution in [3.05, 3.63) is 29.5 Å². The van der Waals surface area contributed by atoms with E-state index in [0.717, 1.165) is 30.5 Å². The van der Waals surface area contributed by atoms with Crippen molar-refractivity contribution in [2.24, 2.45) is 5.41 Å². The van der Waals surface area contributed by atoms with Crippen LogP contribution in [-0.2, 0) is 12.8 Å². The molecule has 0 aliphatic rings. The molecule has 0 atom stereocenters. The van der Waals surface area contributed by atoms with Crippen molar-refractivity contribution >= 4 is 11.0 Å². The lowest BCUT2D eigenvalue weighted by Crippen LogP contribution is -2.09. The van der Waals surface area contributed by atoms with E-state index in [4.69, 9.17) is 4.52 Å². The predicted octanol–water partition coefficient (Wildman–Crippen LogP) is 4.37. The molecule has 2 rings (SSSR count). The Bertz CT molecular complexity index is 505. The summed E-state index contributed by atoms with van der Waals surface area (Å²) in [5.41, 5.74) is 3.58. The van der Waals surface area contributed by atoms with Crippen LogP contribution >= 0.6 is 0 Å². The van der Waals surface area contributed by atoms with Gasteiger partial charge in [0.2, 0.25) is 0 Å². The van der Waals surface area contributed by atoms with Crippen molar-refractivity contribution in [1.82, 2.24) is 5.16 Å². The van der Waals surface area contributed by atoms with Crippen LogP contribution in [0.2, 0.25) is 0 Å². The first-order chi connectivity index (χ1) is 8.01. The molecular weight excluding hydrogens is 210 g/mol. The number of rotatable bonds is 3. The van der Waals surface area contributed by atoms with Crippen molar-refractivity contribution in [2.75, 3.05) is 0 Å². The van der Waals surface area contributed by atoms with Gasteiger partial charge in [-0.05, 0) is 29.9 Å². The number of benzene rings is 1. The lowest BCUT2D eigenvalue weighted by Gasteiger charge is -2.15. The molecule has 1 aromatic carbocycles. The largest absolute Gasteiger partial charge is 0.356 e. The Morgan fingerprint density at radius 2 is 2.00 bits per heavy atom. The third kappa shape index (κ3) is 2.68. The van der Waals surface area contributed by atoms with Crippen LogP contribution in [0.25, 0.3) is 11.0 Å². The Kier molecular flexibility index (Phi) is 3.23. The summed E-state index contributed by atoms with van der Waals surface area (Å²) in [6.07, 6.45) is 3.14. The molecule has 2 heteroatoms. The van der Waals surface area contributed by atoms with Gasteiger partial charge in [0.25, 0.3) is 0 Å². The zero-order valence-corrected chi connectivity index (χ0v) is 11.2. The standard InChI is InChI=1S/C15H21NO/c1-5-7-11-8-6-9-12-13(10-15(2,3)4)16-17-14(11)12/h6,8-9H,5,7,10H2,1-4H3. The number of nitrogens with zero attached hydrogens (tertiary/aromatic N) is 1. The van der Waals surface area contributed by atoms with E-state index in [1.165, 1.54) is 10.9 Å². The summed E-state index contributed by atoms with van der Waals surface area (Å²) in [4.78, 5) is 0. The molecule has 0 spiro atoms. The molecule has 0 unspecified atom stereocenters. The van der Waals surface area contributed by atoms with Crippen LogP contribution in [-0.4, -0.2) is 5.16 Å². The molecule has 1 heterocycles. The van der Waals surface area contributed by atoms with Gasteiger partial charge in [0.05, 0.1) is 5.69 Å². The van der Waals surface area contributed by atoms with Crippen LogP contribution in [0.3, 0.4) is 0 Å². The van der Waals surface area contributed by atoms with Crippen LogP contribution < -0.4 is 0 Å². The summed E-state index contributed by atoms with van der Waals surface area (Å²) >= 11 is 0. The highest BCUT2D eigenvalue weighted by atomic mass is 16.5. The molecular formula is C15H21NO. The average Bonchev–Trinajstić information content (AvgIpc) is 2.61. The highest BCUT2D eigenvalue weighted by Gasteiger charge is 2.18. The normalized spacial score (nSPS) is 12.2. The minimum Gasteiger partial charge on any atom is -0.356 e. The van der Waals surface area contributed by atoms with Crippen LogP contribution in [0.15, 0.2) is 22.7 Å². The van der Waals surface area contributed by atoms with Gasteiger partial charge in [-0.1, -0.05) is 51.4 Å². The molecule has 92 valence electrons. The molecule has 0 fully saturated rings. The first-order valence-electron chi connectivity index (χ1n) is 6.37. The van der Waals surface area contributed by atoms with Crippen molar-refractivity contribution in [1.29, 1.82) is 0 Å². The number of aryl methyl sites for hydroxylation is 1. The SMILES string of the molecule is CCCc1cccc2c(CC(C)(C)C)noc12. The van der Waals surface area contributed by atoms with E-state index in [0.29, 0.717) is 0 Å². The number of fused-ring (bicyclic) bond motifs is 1. The summed E-state index contributed by atoms with van der Waals surface area (Å²) in [5.74, 6) is 0. The van der Waals surface area contributed by atoms with Crippen molar-refractivity contribution in [3.8, 4) is 0 Å². The van der Waals surface area contributed by atoms with E-state index in [2.05, 4.69) is 51.1 Å². The molecule has 0 radical (unpaired) electrons. The zero-order chi connectivity index (χ0) is 12.5. The molecule has 0 saturated carbocycles. The maximum absolute atomic E-state index is 5.53. The van der Waals surface area contributed by atoms with Gasteiger partial charge in [0, 0.05) is 5.39 Å². The van der Waals surface area contributed by atoms with Gasteiger partial charge in [-0.15, -0.1) is 0 Å². The van der Waals surface area contributed by atoms with Gasteiger partial charge in [-0.3, -0.25) is 0 Å². The fraction of sp³-hybridized carbons (Fsp3) is 0.533. The second-order valence-electron chi connectivity index (χ2n) is 5.91. The number of hydrogen-bond acceptors (Lipinski definition) is 2. The monoisotopic (exact) mass is 231 g/mol. The zero-order valence-electron chi connectivity index (χ0n) is 11.2. The summed E-state index contributed by atoms with van der Waals surface area (Å²) in [6.45, 7) is 8.86. The van der Waals surface area contributed by atoms with Gasteiger partial charge < -0.3 is 4.52 Å². The Labute approximate surface area is 103 Å². The quantitative estimate of drug-likeness (QED) is 0.784. The average molecular weight is 231 g/mol. The van der Waals surface area contributed by atoms with Crippen molar-refractivity contribution < 1.29 is 4.52 Å². The predicted molar refractivity (Wildman–Crippen MR) is 71.2 cm³/mol. The molecule has 0 N–H and O–H groups in total. The van der Waals surface area contributed by atoms with Gasteiger partial charge in [-0.2, -0.15) is 0 Å². The Morgan fingerprint density at radius 3 is 2.65 bits per heavy atom. The van der Waals surface area contributed by atoms with E-state index in [1.807, 2.05) is 0 Å². The van der Waals surface area contributed by atoms with Crippen LogP contribution in [0.1, 0.15) is 45.4 Å². The van der Waals surface area contributed by atoms with Gasteiger partial charge in [0.15, 0.2) is 5.58 Å². The van der Waals surface area contributed by atoms with Crippen molar-refractivity contribution in [2.45, 2.75) is 47.0 Å². The molecule has 0 amide bonds. The van der Waals surface area contributed by atoms with E-state index < -0.39 is 0 Å². The number of aromatic nitrogens is 1. The van der Waals surface area contributed by atoms with Gasteiger partial charge in [-0.25, -0.2) is 0 Å². The highest BCUT2D eigenvalue weighted by molar-refractivity contribution is 5.82. The van der Waals surface area contributed by atoms with E-state index in [-0.39, 0.29) is 5.41 Å². The minimum absolute atomic E-state index is 0.241.